The average Bonchev–Trinajstić information content (AvgIpc) is 2.87. The Balaban J connectivity index is 1.39. The van der Waals surface area contributed by atoms with Gasteiger partial charge in [-0.25, -0.2) is 9.97 Å². The maximum absolute atomic E-state index is 13.2. The molecule has 1 aliphatic rings. The van der Waals surface area contributed by atoms with Crippen molar-refractivity contribution in [3.8, 4) is 5.75 Å². The van der Waals surface area contributed by atoms with Crippen LogP contribution < -0.4 is 20.7 Å². The Morgan fingerprint density at radius 2 is 1.74 bits per heavy atom. The van der Waals surface area contributed by atoms with Crippen LogP contribution in [0.15, 0.2) is 84.0 Å². The Labute approximate surface area is 200 Å². The van der Waals surface area contributed by atoms with Gasteiger partial charge >= 0.3 is 0 Å². The predicted octanol–water partition coefficient (Wildman–Crippen LogP) is 3.75. The van der Waals surface area contributed by atoms with E-state index in [0.29, 0.717) is 22.4 Å². The number of hydrogen-bond donors (Lipinski definition) is 2. The molecule has 9 heteroatoms. The second-order valence-corrected chi connectivity index (χ2v) is 8.58. The van der Waals surface area contributed by atoms with E-state index in [-0.39, 0.29) is 18.2 Å². The highest BCUT2D eigenvalue weighted by atomic mass is 32.2. The van der Waals surface area contributed by atoms with Crippen LogP contribution in [0.25, 0.3) is 10.9 Å². The van der Waals surface area contributed by atoms with Gasteiger partial charge in [0.05, 0.1) is 23.5 Å². The van der Waals surface area contributed by atoms with Gasteiger partial charge in [0.15, 0.2) is 11.3 Å². The van der Waals surface area contributed by atoms with Gasteiger partial charge in [-0.2, -0.15) is 0 Å². The number of anilines is 3. The fourth-order valence-corrected chi connectivity index (χ4v) is 4.42. The van der Waals surface area contributed by atoms with Gasteiger partial charge in [0.25, 0.3) is 5.91 Å². The fourth-order valence-electron chi connectivity index (χ4n) is 3.70. The third-order valence-electron chi connectivity index (χ3n) is 5.34. The Kier molecular flexibility index (Phi) is 6.01. The van der Waals surface area contributed by atoms with E-state index < -0.39 is 12.0 Å². The lowest BCUT2D eigenvalue weighted by atomic mass is 10.2. The van der Waals surface area contributed by atoms with Gasteiger partial charge in [0.1, 0.15) is 11.6 Å². The number of nitrogens with zero attached hydrogens (tertiary/aromatic N) is 3. The van der Waals surface area contributed by atoms with E-state index in [9.17, 15) is 9.59 Å². The molecule has 0 radical (unpaired) electrons. The third kappa shape index (κ3) is 4.51. The molecule has 0 bridgehead atoms. The first kappa shape index (κ1) is 21.7. The van der Waals surface area contributed by atoms with E-state index in [1.807, 2.05) is 60.7 Å². The molecule has 0 saturated carbocycles. The van der Waals surface area contributed by atoms with Crippen molar-refractivity contribution in [2.75, 3.05) is 22.5 Å². The summed E-state index contributed by atoms with van der Waals surface area (Å²) in [5.74, 6) is 0.392. The minimum absolute atomic E-state index is 0.0606. The molecule has 1 aliphatic heterocycles. The number of rotatable bonds is 6. The summed E-state index contributed by atoms with van der Waals surface area (Å²) in [6, 6.07) is 24.5. The van der Waals surface area contributed by atoms with Crippen molar-refractivity contribution in [2.24, 2.45) is 5.73 Å². The van der Waals surface area contributed by atoms with Gasteiger partial charge in [0.2, 0.25) is 5.91 Å². The van der Waals surface area contributed by atoms with Crippen LogP contribution in [0, 0.1) is 0 Å². The number of carbonyl (C=O) groups is 2. The zero-order valence-corrected chi connectivity index (χ0v) is 18.9. The summed E-state index contributed by atoms with van der Waals surface area (Å²) in [4.78, 5) is 35.7. The van der Waals surface area contributed by atoms with Gasteiger partial charge < -0.3 is 20.7 Å². The molecule has 0 spiro atoms. The lowest BCUT2D eigenvalue weighted by molar-refractivity contribution is -0.125. The van der Waals surface area contributed by atoms with Gasteiger partial charge in [-0.05, 0) is 36.4 Å². The molecule has 0 aliphatic carbocycles. The molecule has 3 N–H and O–H groups in total. The van der Waals surface area contributed by atoms with E-state index in [0.717, 1.165) is 16.6 Å². The molecule has 2 heterocycles. The fraction of sp³-hybridized carbons (Fsp3) is 0.120. The molecule has 4 aromatic rings. The maximum Gasteiger partial charge on any atom is 0.260 e. The smallest absolute Gasteiger partial charge is 0.260 e. The Bertz CT molecular complexity index is 1370. The molecule has 0 unspecified atom stereocenters. The second-order valence-electron chi connectivity index (χ2n) is 7.63. The van der Waals surface area contributed by atoms with E-state index in [2.05, 4.69) is 15.3 Å². The van der Waals surface area contributed by atoms with Crippen molar-refractivity contribution in [1.82, 2.24) is 9.97 Å². The lowest BCUT2D eigenvalue weighted by Crippen LogP contribution is -2.49. The number of aromatic nitrogens is 2. The van der Waals surface area contributed by atoms with Crippen molar-refractivity contribution in [1.29, 1.82) is 0 Å². The van der Waals surface area contributed by atoms with Gasteiger partial charge in [-0.1, -0.05) is 54.2 Å². The molecular formula is C25H21N5O3S. The standard InChI is InChI=1S/C25H21N5O3S/c26-23(32)21-14-30(19-12-6-7-13-20(19)33-21)22(31)15-34-25-28-18-11-5-4-10-17(18)24(29-25)27-16-8-2-1-3-9-16/h1-13,21H,14-15H2,(H2,26,32)(H,27,28,29)/t21-/m0/s1. The van der Waals surface area contributed by atoms with Crippen LogP contribution in [0.5, 0.6) is 5.75 Å². The number of thioether (sulfide) groups is 1. The van der Waals surface area contributed by atoms with Crippen molar-refractivity contribution in [3.63, 3.8) is 0 Å². The number of nitrogens with one attached hydrogen (secondary N) is 1. The number of hydrogen-bond acceptors (Lipinski definition) is 7. The molecule has 0 fully saturated rings. The summed E-state index contributed by atoms with van der Waals surface area (Å²) >= 11 is 1.24. The van der Waals surface area contributed by atoms with Crippen LogP contribution in [0.3, 0.4) is 0 Å². The van der Waals surface area contributed by atoms with E-state index >= 15 is 0 Å². The molecular weight excluding hydrogens is 450 g/mol. The Morgan fingerprint density at radius 3 is 2.56 bits per heavy atom. The molecule has 5 rings (SSSR count). The molecule has 34 heavy (non-hydrogen) atoms. The zero-order valence-electron chi connectivity index (χ0n) is 18.0. The van der Waals surface area contributed by atoms with Crippen LogP contribution in [0.1, 0.15) is 0 Å². The largest absolute Gasteiger partial charge is 0.477 e. The van der Waals surface area contributed by atoms with Crippen LogP contribution in [0.4, 0.5) is 17.2 Å². The van der Waals surface area contributed by atoms with Gasteiger partial charge in [0, 0.05) is 11.1 Å². The summed E-state index contributed by atoms with van der Waals surface area (Å²) in [6.07, 6.45) is -0.901. The number of fused-ring (bicyclic) bond motifs is 2. The number of carbonyl (C=O) groups excluding carboxylic acids is 2. The van der Waals surface area contributed by atoms with Crippen molar-refractivity contribution < 1.29 is 14.3 Å². The number of benzene rings is 3. The molecule has 170 valence electrons. The zero-order chi connectivity index (χ0) is 23.5. The number of para-hydroxylation sites is 4. The maximum atomic E-state index is 13.2. The Morgan fingerprint density at radius 1 is 1.00 bits per heavy atom. The monoisotopic (exact) mass is 471 g/mol. The highest BCUT2D eigenvalue weighted by Gasteiger charge is 2.32. The first-order valence-corrected chi connectivity index (χ1v) is 11.6. The molecule has 8 nitrogen and oxygen atoms in total. The van der Waals surface area contributed by atoms with Crippen LogP contribution in [-0.4, -0.2) is 40.2 Å². The quantitative estimate of drug-likeness (QED) is 0.325. The summed E-state index contributed by atoms with van der Waals surface area (Å²) in [5, 5.41) is 4.70. The van der Waals surface area contributed by atoms with Crippen LogP contribution >= 0.6 is 11.8 Å². The number of ether oxygens (including phenoxy) is 1. The lowest BCUT2D eigenvalue weighted by Gasteiger charge is -2.33. The first-order valence-electron chi connectivity index (χ1n) is 10.7. The minimum Gasteiger partial charge on any atom is -0.477 e. The summed E-state index contributed by atoms with van der Waals surface area (Å²) < 4.78 is 5.65. The second kappa shape index (κ2) is 9.40. The molecule has 1 atom stereocenters. The average molecular weight is 472 g/mol. The predicted molar refractivity (Wildman–Crippen MR) is 132 cm³/mol. The third-order valence-corrected chi connectivity index (χ3v) is 6.17. The van der Waals surface area contributed by atoms with Crippen LogP contribution in [-0.2, 0) is 9.59 Å². The SMILES string of the molecule is NC(=O)[C@@H]1CN(C(=O)CSc2nc(Nc3ccccc3)c3ccccc3n2)c2ccccc2O1. The number of amides is 2. The highest BCUT2D eigenvalue weighted by molar-refractivity contribution is 7.99. The topological polar surface area (TPSA) is 110 Å². The highest BCUT2D eigenvalue weighted by Crippen LogP contribution is 2.34. The van der Waals surface area contributed by atoms with Gasteiger partial charge in [-0.15, -0.1) is 0 Å². The van der Waals surface area contributed by atoms with E-state index in [4.69, 9.17) is 10.5 Å². The molecule has 3 aromatic carbocycles. The van der Waals surface area contributed by atoms with Crippen molar-refractivity contribution in [3.05, 3.63) is 78.9 Å². The summed E-state index contributed by atoms with van der Waals surface area (Å²) in [6.45, 7) is 0.0606. The Hall–Kier alpha value is -4.11. The molecule has 0 saturated heterocycles. The molecule has 1 aromatic heterocycles. The summed E-state index contributed by atoms with van der Waals surface area (Å²) in [7, 11) is 0. The van der Waals surface area contributed by atoms with Crippen LogP contribution in [0.2, 0.25) is 0 Å². The van der Waals surface area contributed by atoms with E-state index in [1.54, 1.807) is 18.2 Å². The van der Waals surface area contributed by atoms with Crippen molar-refractivity contribution >= 4 is 51.7 Å². The molecule has 2 amide bonds. The summed E-state index contributed by atoms with van der Waals surface area (Å²) in [5.41, 5.74) is 7.74. The van der Waals surface area contributed by atoms with Crippen molar-refractivity contribution in [2.45, 2.75) is 11.3 Å². The number of nitrogens with two attached hydrogens (primary N) is 1. The van der Waals surface area contributed by atoms with E-state index in [1.165, 1.54) is 16.7 Å². The normalized spacial score (nSPS) is 14.8. The first-order chi connectivity index (χ1) is 16.6. The number of primary amides is 1. The minimum atomic E-state index is -0.901. The van der Waals surface area contributed by atoms with Gasteiger partial charge in [-0.3, -0.25) is 9.59 Å².